The number of ether oxygens (including phenoxy) is 1. The van der Waals surface area contributed by atoms with Gasteiger partial charge < -0.3 is 9.53 Å². The van der Waals surface area contributed by atoms with Crippen LogP contribution in [0, 0.1) is 11.8 Å². The lowest BCUT2D eigenvalue weighted by Crippen LogP contribution is -2.30. The van der Waals surface area contributed by atoms with Gasteiger partial charge in [-0.25, -0.2) is 0 Å². The van der Waals surface area contributed by atoms with E-state index in [1.165, 1.54) is 0 Å². The number of carbonyl (C=O) groups is 1. The molecule has 0 aromatic heterocycles. The topological polar surface area (TPSA) is 26.3 Å². The van der Waals surface area contributed by atoms with Crippen molar-refractivity contribution >= 4 is 5.78 Å². The lowest BCUT2D eigenvalue weighted by atomic mass is 9.90. The third-order valence-corrected chi connectivity index (χ3v) is 2.73. The first-order chi connectivity index (χ1) is 6.09. The van der Waals surface area contributed by atoms with E-state index in [-0.39, 0.29) is 5.78 Å². The van der Waals surface area contributed by atoms with Crippen molar-refractivity contribution < 1.29 is 9.53 Å². The van der Waals surface area contributed by atoms with Crippen molar-refractivity contribution in [1.29, 1.82) is 0 Å². The van der Waals surface area contributed by atoms with E-state index in [1.54, 1.807) is 6.92 Å². The van der Waals surface area contributed by atoms with E-state index in [9.17, 15) is 4.79 Å². The molecule has 0 aromatic carbocycles. The van der Waals surface area contributed by atoms with Gasteiger partial charge in [0.05, 0.1) is 12.7 Å². The Balaban J connectivity index is 2.26. The number of hydrogen-bond acceptors (Lipinski definition) is 2. The van der Waals surface area contributed by atoms with Crippen LogP contribution in [0.15, 0.2) is 0 Å². The van der Waals surface area contributed by atoms with Crippen LogP contribution in [0.5, 0.6) is 0 Å². The number of rotatable bonds is 3. The highest BCUT2D eigenvalue weighted by Gasteiger charge is 2.24. The number of hydrogen-bond donors (Lipinski definition) is 0. The third-order valence-electron chi connectivity index (χ3n) is 2.73. The Morgan fingerprint density at radius 3 is 2.54 bits per heavy atom. The van der Waals surface area contributed by atoms with E-state index in [0.29, 0.717) is 24.4 Å². The summed E-state index contributed by atoms with van der Waals surface area (Å²) in [4.78, 5) is 10.9. The number of Topliss-reactive ketones (excluding diaryl/α,β-unsaturated/α-hetero) is 1. The van der Waals surface area contributed by atoms with Gasteiger partial charge in [0.25, 0.3) is 0 Å². The highest BCUT2D eigenvalue weighted by atomic mass is 16.5. The zero-order valence-electron chi connectivity index (χ0n) is 8.88. The molecule has 0 bridgehead atoms. The molecule has 0 N–H and O–H groups in total. The van der Waals surface area contributed by atoms with Crippen molar-refractivity contribution in [1.82, 2.24) is 0 Å². The fraction of sp³-hybridized carbons (Fsp3) is 0.909. The molecule has 2 heteroatoms. The maximum Gasteiger partial charge on any atom is 0.130 e. The van der Waals surface area contributed by atoms with E-state index in [4.69, 9.17) is 4.74 Å². The van der Waals surface area contributed by atoms with Crippen LogP contribution in [-0.2, 0) is 9.53 Å². The normalized spacial score (nSPS) is 29.2. The van der Waals surface area contributed by atoms with Crippen LogP contribution in [0.1, 0.15) is 40.0 Å². The standard InChI is InChI=1S/C11H20O2/c1-8(2)11-5-4-10(7-13-11)6-9(3)12/h8,10-11H,4-7H2,1-3H3/t10-,11-/m1/s1. The summed E-state index contributed by atoms with van der Waals surface area (Å²) in [5, 5.41) is 0. The zero-order valence-corrected chi connectivity index (χ0v) is 8.88. The van der Waals surface area contributed by atoms with Crippen LogP contribution >= 0.6 is 0 Å². The molecule has 76 valence electrons. The van der Waals surface area contributed by atoms with Crippen molar-refractivity contribution in [3.63, 3.8) is 0 Å². The SMILES string of the molecule is CC(=O)C[C@H]1CC[C@H](C(C)C)OC1. The summed E-state index contributed by atoms with van der Waals surface area (Å²) in [5.41, 5.74) is 0. The van der Waals surface area contributed by atoms with E-state index >= 15 is 0 Å². The molecule has 0 spiro atoms. The average molecular weight is 184 g/mol. The molecule has 1 heterocycles. The zero-order chi connectivity index (χ0) is 9.84. The summed E-state index contributed by atoms with van der Waals surface area (Å²) in [6.07, 6.45) is 3.39. The molecule has 0 unspecified atom stereocenters. The first-order valence-electron chi connectivity index (χ1n) is 5.20. The molecule has 0 radical (unpaired) electrons. The van der Waals surface area contributed by atoms with E-state index in [0.717, 1.165) is 19.4 Å². The molecule has 0 aliphatic carbocycles. The fourth-order valence-corrected chi connectivity index (χ4v) is 1.92. The van der Waals surface area contributed by atoms with Crippen LogP contribution in [0.4, 0.5) is 0 Å². The Labute approximate surface area is 80.7 Å². The van der Waals surface area contributed by atoms with Crippen molar-refractivity contribution in [3.05, 3.63) is 0 Å². The van der Waals surface area contributed by atoms with Gasteiger partial charge in [-0.3, -0.25) is 0 Å². The van der Waals surface area contributed by atoms with Gasteiger partial charge >= 0.3 is 0 Å². The van der Waals surface area contributed by atoms with E-state index in [2.05, 4.69) is 13.8 Å². The lowest BCUT2D eigenvalue weighted by Gasteiger charge is -2.30. The molecule has 0 aromatic rings. The second kappa shape index (κ2) is 4.75. The minimum atomic E-state index is 0.289. The maximum atomic E-state index is 10.9. The van der Waals surface area contributed by atoms with Crippen LogP contribution in [-0.4, -0.2) is 18.5 Å². The van der Waals surface area contributed by atoms with Gasteiger partial charge in [-0.05, 0) is 31.6 Å². The molecule has 1 fully saturated rings. The molecule has 1 rings (SSSR count). The van der Waals surface area contributed by atoms with Gasteiger partial charge in [0, 0.05) is 6.42 Å². The van der Waals surface area contributed by atoms with Gasteiger partial charge in [0.15, 0.2) is 0 Å². The molecular weight excluding hydrogens is 164 g/mol. The van der Waals surface area contributed by atoms with E-state index < -0.39 is 0 Å². The fourth-order valence-electron chi connectivity index (χ4n) is 1.92. The molecule has 1 aliphatic heterocycles. The van der Waals surface area contributed by atoms with Gasteiger partial charge in [-0.2, -0.15) is 0 Å². The summed E-state index contributed by atoms with van der Waals surface area (Å²) in [6.45, 7) is 6.82. The first-order valence-corrected chi connectivity index (χ1v) is 5.20. The molecule has 1 saturated heterocycles. The van der Waals surface area contributed by atoms with Crippen LogP contribution in [0.3, 0.4) is 0 Å². The monoisotopic (exact) mass is 184 g/mol. The molecule has 2 nitrogen and oxygen atoms in total. The van der Waals surface area contributed by atoms with Crippen molar-refractivity contribution in [2.45, 2.75) is 46.1 Å². The van der Waals surface area contributed by atoms with Crippen LogP contribution in [0.25, 0.3) is 0 Å². The molecule has 0 amide bonds. The minimum Gasteiger partial charge on any atom is -0.378 e. The molecule has 13 heavy (non-hydrogen) atoms. The smallest absolute Gasteiger partial charge is 0.130 e. The average Bonchev–Trinajstić information content (AvgIpc) is 2.04. The van der Waals surface area contributed by atoms with Gasteiger partial charge in [0.1, 0.15) is 5.78 Å². The number of carbonyl (C=O) groups excluding carboxylic acids is 1. The third kappa shape index (κ3) is 3.47. The molecule has 1 aliphatic rings. The predicted molar refractivity (Wildman–Crippen MR) is 52.6 cm³/mol. The minimum absolute atomic E-state index is 0.289. The molecule has 2 atom stereocenters. The maximum absolute atomic E-state index is 10.9. The molecular formula is C11H20O2. The van der Waals surface area contributed by atoms with Crippen LogP contribution < -0.4 is 0 Å². The second-order valence-corrected chi connectivity index (χ2v) is 4.47. The van der Waals surface area contributed by atoms with Crippen molar-refractivity contribution in [2.24, 2.45) is 11.8 Å². The van der Waals surface area contributed by atoms with Crippen LogP contribution in [0.2, 0.25) is 0 Å². The lowest BCUT2D eigenvalue weighted by molar-refractivity contribution is -0.120. The largest absolute Gasteiger partial charge is 0.378 e. The second-order valence-electron chi connectivity index (χ2n) is 4.47. The Kier molecular flexibility index (Phi) is 3.91. The summed E-state index contributed by atoms with van der Waals surface area (Å²) in [7, 11) is 0. The Morgan fingerprint density at radius 2 is 2.15 bits per heavy atom. The van der Waals surface area contributed by atoms with Gasteiger partial charge in [0.2, 0.25) is 0 Å². The van der Waals surface area contributed by atoms with Gasteiger partial charge in [-0.15, -0.1) is 0 Å². The highest BCUT2D eigenvalue weighted by Crippen LogP contribution is 2.25. The quantitative estimate of drug-likeness (QED) is 0.673. The predicted octanol–water partition coefficient (Wildman–Crippen LogP) is 2.42. The van der Waals surface area contributed by atoms with Gasteiger partial charge in [-0.1, -0.05) is 13.8 Å². The summed E-state index contributed by atoms with van der Waals surface area (Å²) < 4.78 is 5.70. The Morgan fingerprint density at radius 1 is 1.46 bits per heavy atom. The summed E-state index contributed by atoms with van der Waals surface area (Å²) >= 11 is 0. The number of ketones is 1. The Bertz CT molecular complexity index is 167. The van der Waals surface area contributed by atoms with Crippen molar-refractivity contribution in [3.8, 4) is 0 Å². The highest BCUT2D eigenvalue weighted by molar-refractivity contribution is 5.75. The first kappa shape index (κ1) is 10.7. The van der Waals surface area contributed by atoms with E-state index in [1.807, 2.05) is 0 Å². The summed E-state index contributed by atoms with van der Waals surface area (Å²) in [6, 6.07) is 0. The molecule has 0 saturated carbocycles. The Hall–Kier alpha value is -0.370. The van der Waals surface area contributed by atoms with Crippen molar-refractivity contribution in [2.75, 3.05) is 6.61 Å². The summed E-state index contributed by atoms with van der Waals surface area (Å²) in [5.74, 6) is 1.38.